The Hall–Kier alpha value is -1.16. The van der Waals surface area contributed by atoms with Crippen LogP contribution in [0.2, 0.25) is 0 Å². The van der Waals surface area contributed by atoms with Gasteiger partial charge in [-0.2, -0.15) is 0 Å². The Morgan fingerprint density at radius 2 is 2.24 bits per heavy atom. The third kappa shape index (κ3) is 2.94. The number of nitrogens with zero attached hydrogens (tertiary/aromatic N) is 2. The summed E-state index contributed by atoms with van der Waals surface area (Å²) in [5.41, 5.74) is 2.96. The van der Waals surface area contributed by atoms with E-state index in [2.05, 4.69) is 17.1 Å². The van der Waals surface area contributed by atoms with Crippen LogP contribution < -0.4 is 0 Å². The van der Waals surface area contributed by atoms with Crippen molar-refractivity contribution >= 4 is 17.2 Å². The first-order valence-electron chi connectivity index (χ1n) is 5.97. The number of aromatic nitrogens is 1. The zero-order valence-corrected chi connectivity index (χ0v) is 11.2. The van der Waals surface area contributed by atoms with Crippen molar-refractivity contribution in [2.45, 2.75) is 26.2 Å². The summed E-state index contributed by atoms with van der Waals surface area (Å²) >= 11 is 1.67. The normalized spacial score (nSPS) is 15.4. The number of carbonyl (C=O) groups excluding carboxylic acids is 1. The van der Waals surface area contributed by atoms with Gasteiger partial charge in [-0.25, -0.2) is 4.98 Å². The van der Waals surface area contributed by atoms with Gasteiger partial charge in [-0.3, -0.25) is 4.79 Å². The Balaban J connectivity index is 1.83. The van der Waals surface area contributed by atoms with Gasteiger partial charge in [0, 0.05) is 30.8 Å². The van der Waals surface area contributed by atoms with Gasteiger partial charge in [-0.15, -0.1) is 11.3 Å². The molecule has 1 aromatic heterocycles. The van der Waals surface area contributed by atoms with Crippen LogP contribution in [0.25, 0.3) is 0 Å². The van der Waals surface area contributed by atoms with E-state index in [1.54, 1.807) is 11.3 Å². The van der Waals surface area contributed by atoms with Gasteiger partial charge in [0.15, 0.2) is 0 Å². The van der Waals surface area contributed by atoms with Gasteiger partial charge >= 0.3 is 0 Å². The Kier molecular flexibility index (Phi) is 3.94. The second-order valence-corrected chi connectivity index (χ2v) is 5.45. The molecule has 0 unspecified atom stereocenters. The predicted molar refractivity (Wildman–Crippen MR) is 70.1 cm³/mol. The van der Waals surface area contributed by atoms with E-state index in [-0.39, 0.29) is 11.8 Å². The minimum atomic E-state index is 0.183. The van der Waals surface area contributed by atoms with E-state index in [1.807, 2.05) is 24.4 Å². The molecule has 0 N–H and O–H groups in total. The molecular weight excluding hydrogens is 232 g/mol. The van der Waals surface area contributed by atoms with Crippen LogP contribution in [-0.2, 0) is 11.2 Å². The van der Waals surface area contributed by atoms with Crippen molar-refractivity contribution in [1.82, 2.24) is 9.88 Å². The molecule has 0 bridgehead atoms. The third-order valence-electron chi connectivity index (χ3n) is 3.25. The van der Waals surface area contributed by atoms with Gasteiger partial charge < -0.3 is 4.90 Å². The maximum atomic E-state index is 12.1. The highest BCUT2D eigenvalue weighted by molar-refractivity contribution is 7.09. The number of amides is 1. The first kappa shape index (κ1) is 12.3. The highest BCUT2D eigenvalue weighted by Gasteiger charge is 2.22. The highest BCUT2D eigenvalue weighted by atomic mass is 32.1. The Morgan fingerprint density at radius 1 is 1.53 bits per heavy atom. The monoisotopic (exact) mass is 250 g/mol. The van der Waals surface area contributed by atoms with Crippen molar-refractivity contribution in [2.24, 2.45) is 5.92 Å². The lowest BCUT2D eigenvalue weighted by Crippen LogP contribution is -2.33. The molecule has 1 amide bonds. The topological polar surface area (TPSA) is 33.2 Å². The summed E-state index contributed by atoms with van der Waals surface area (Å²) in [4.78, 5) is 19.4. The standard InChI is InChI=1S/C13H18N2OS/c1-10-12(17-9-14-10)7-8-15(2)13(16)11-5-3-4-6-11/h3-4,9,11H,5-8H2,1-2H3. The fraction of sp³-hybridized carbons (Fsp3) is 0.538. The number of likely N-dealkylation sites (N-methyl/N-ethyl adjacent to an activating group) is 1. The smallest absolute Gasteiger partial charge is 0.226 e. The van der Waals surface area contributed by atoms with Gasteiger partial charge in [0.2, 0.25) is 5.91 Å². The molecule has 17 heavy (non-hydrogen) atoms. The molecule has 0 spiro atoms. The summed E-state index contributed by atoms with van der Waals surface area (Å²) in [7, 11) is 1.90. The van der Waals surface area contributed by atoms with Gasteiger partial charge in [0.1, 0.15) is 0 Å². The second-order valence-electron chi connectivity index (χ2n) is 4.51. The fourth-order valence-corrected chi connectivity index (χ4v) is 2.85. The van der Waals surface area contributed by atoms with Crippen molar-refractivity contribution in [1.29, 1.82) is 0 Å². The molecule has 4 heteroatoms. The lowest BCUT2D eigenvalue weighted by molar-refractivity contribution is -0.133. The lowest BCUT2D eigenvalue weighted by atomic mass is 10.1. The summed E-state index contributed by atoms with van der Waals surface area (Å²) in [5.74, 6) is 0.458. The second kappa shape index (κ2) is 5.45. The van der Waals surface area contributed by atoms with E-state index in [0.29, 0.717) is 0 Å². The van der Waals surface area contributed by atoms with E-state index >= 15 is 0 Å². The maximum absolute atomic E-state index is 12.1. The van der Waals surface area contributed by atoms with Gasteiger partial charge in [-0.1, -0.05) is 12.2 Å². The van der Waals surface area contributed by atoms with Crippen molar-refractivity contribution < 1.29 is 4.79 Å². The molecule has 0 atom stereocenters. The van der Waals surface area contributed by atoms with E-state index < -0.39 is 0 Å². The molecule has 1 aromatic rings. The maximum Gasteiger partial charge on any atom is 0.226 e. The fourth-order valence-electron chi connectivity index (χ4n) is 2.08. The Labute approximate surface area is 106 Å². The number of thiazole rings is 1. The average molecular weight is 250 g/mol. The Morgan fingerprint density at radius 3 is 2.82 bits per heavy atom. The first-order valence-corrected chi connectivity index (χ1v) is 6.85. The van der Waals surface area contributed by atoms with Crippen LogP contribution in [0.5, 0.6) is 0 Å². The van der Waals surface area contributed by atoms with Crippen LogP contribution in [0.15, 0.2) is 17.7 Å². The molecule has 0 radical (unpaired) electrons. The number of hydrogen-bond acceptors (Lipinski definition) is 3. The molecule has 0 saturated heterocycles. The van der Waals surface area contributed by atoms with Crippen molar-refractivity contribution in [3.63, 3.8) is 0 Å². The van der Waals surface area contributed by atoms with Crippen LogP contribution in [0.3, 0.4) is 0 Å². The molecule has 1 heterocycles. The summed E-state index contributed by atoms with van der Waals surface area (Å²) in [5, 5.41) is 0. The largest absolute Gasteiger partial charge is 0.345 e. The van der Waals surface area contributed by atoms with Crippen LogP contribution in [0.1, 0.15) is 23.4 Å². The van der Waals surface area contributed by atoms with E-state index in [9.17, 15) is 4.79 Å². The summed E-state index contributed by atoms with van der Waals surface area (Å²) in [6, 6.07) is 0. The molecule has 0 aliphatic heterocycles. The van der Waals surface area contributed by atoms with Gasteiger partial charge in [-0.05, 0) is 19.8 Å². The minimum absolute atomic E-state index is 0.183. The number of aryl methyl sites for hydroxylation is 1. The predicted octanol–water partition coefficient (Wildman–Crippen LogP) is 2.42. The van der Waals surface area contributed by atoms with Crippen LogP contribution in [0, 0.1) is 12.8 Å². The molecular formula is C13H18N2OS. The van der Waals surface area contributed by atoms with E-state index in [4.69, 9.17) is 0 Å². The zero-order chi connectivity index (χ0) is 12.3. The van der Waals surface area contributed by atoms with E-state index in [1.165, 1.54) is 4.88 Å². The minimum Gasteiger partial charge on any atom is -0.345 e. The highest BCUT2D eigenvalue weighted by Crippen LogP contribution is 2.20. The van der Waals surface area contributed by atoms with E-state index in [0.717, 1.165) is 31.5 Å². The first-order chi connectivity index (χ1) is 8.18. The SMILES string of the molecule is Cc1ncsc1CCN(C)C(=O)C1CC=CC1. The Bertz CT molecular complexity index is 417. The number of rotatable bonds is 4. The zero-order valence-electron chi connectivity index (χ0n) is 10.3. The molecule has 92 valence electrons. The molecule has 0 aromatic carbocycles. The van der Waals surface area contributed by atoms with Crippen LogP contribution in [-0.4, -0.2) is 29.4 Å². The molecule has 2 rings (SSSR count). The molecule has 0 saturated carbocycles. The van der Waals surface area contributed by atoms with Gasteiger partial charge in [0.25, 0.3) is 0 Å². The third-order valence-corrected chi connectivity index (χ3v) is 4.25. The number of allylic oxidation sites excluding steroid dienone is 2. The van der Waals surface area contributed by atoms with Crippen molar-refractivity contribution in [3.05, 3.63) is 28.2 Å². The molecule has 1 aliphatic rings. The average Bonchev–Trinajstić information content (AvgIpc) is 2.96. The van der Waals surface area contributed by atoms with Crippen LogP contribution >= 0.6 is 11.3 Å². The summed E-state index contributed by atoms with van der Waals surface area (Å²) in [6.45, 7) is 2.81. The lowest BCUT2D eigenvalue weighted by Gasteiger charge is -2.20. The number of carbonyl (C=O) groups is 1. The summed E-state index contributed by atoms with van der Waals surface area (Å²) < 4.78 is 0. The van der Waals surface area contributed by atoms with Gasteiger partial charge in [0.05, 0.1) is 11.2 Å². The van der Waals surface area contributed by atoms with Crippen molar-refractivity contribution in [3.8, 4) is 0 Å². The van der Waals surface area contributed by atoms with Crippen LogP contribution in [0.4, 0.5) is 0 Å². The molecule has 0 fully saturated rings. The quantitative estimate of drug-likeness (QED) is 0.769. The van der Waals surface area contributed by atoms with Crippen molar-refractivity contribution in [2.75, 3.05) is 13.6 Å². The number of hydrogen-bond donors (Lipinski definition) is 0. The summed E-state index contributed by atoms with van der Waals surface area (Å²) in [6.07, 6.45) is 6.93. The molecule has 1 aliphatic carbocycles. The molecule has 3 nitrogen and oxygen atoms in total.